The zero-order valence-electron chi connectivity index (χ0n) is 13.4. The molecule has 2 rings (SSSR count). The molecule has 0 saturated carbocycles. The number of hydrogen-bond donors (Lipinski definition) is 0. The fourth-order valence-corrected chi connectivity index (χ4v) is 2.87. The summed E-state index contributed by atoms with van der Waals surface area (Å²) in [4.78, 5) is 0. The smallest absolute Gasteiger partial charge is 0.210 e. The van der Waals surface area contributed by atoms with Crippen molar-refractivity contribution >= 4 is 0 Å². The van der Waals surface area contributed by atoms with Gasteiger partial charge in [-0.2, -0.15) is 0 Å². The number of benzene rings is 1. The highest BCUT2D eigenvalue weighted by molar-refractivity contribution is 5.40. The quantitative estimate of drug-likeness (QED) is 0.542. The molecule has 1 aliphatic rings. The van der Waals surface area contributed by atoms with Gasteiger partial charge in [-0.3, -0.25) is 0 Å². The zero-order chi connectivity index (χ0) is 16.0. The predicted molar refractivity (Wildman–Crippen MR) is 91.9 cm³/mol. The summed E-state index contributed by atoms with van der Waals surface area (Å²) in [6.45, 7) is 7.64. The van der Waals surface area contributed by atoms with Gasteiger partial charge >= 0.3 is 0 Å². The molecule has 2 nitrogen and oxygen atoms in total. The minimum Gasteiger partial charge on any atom is -0.346 e. The minimum atomic E-state index is -0.774. The lowest BCUT2D eigenvalue weighted by Crippen LogP contribution is -2.35. The van der Waals surface area contributed by atoms with Crippen molar-refractivity contribution in [1.82, 2.24) is 0 Å². The number of ether oxygens (including phenoxy) is 2. The molecule has 116 valence electrons. The van der Waals surface area contributed by atoms with Crippen LogP contribution in [0.2, 0.25) is 0 Å². The van der Waals surface area contributed by atoms with E-state index in [4.69, 9.17) is 9.47 Å². The Labute approximate surface area is 133 Å². The molecule has 1 unspecified atom stereocenters. The van der Waals surface area contributed by atoms with Crippen molar-refractivity contribution in [2.75, 3.05) is 14.2 Å². The van der Waals surface area contributed by atoms with Gasteiger partial charge in [-0.25, -0.2) is 0 Å². The van der Waals surface area contributed by atoms with Crippen LogP contribution < -0.4 is 0 Å². The second-order valence-electron chi connectivity index (χ2n) is 5.38. The molecule has 1 aromatic rings. The van der Waals surface area contributed by atoms with Gasteiger partial charge in [-0.05, 0) is 35.6 Å². The first kappa shape index (κ1) is 16.5. The molecular weight excluding hydrogens is 272 g/mol. The van der Waals surface area contributed by atoms with Crippen molar-refractivity contribution in [2.45, 2.75) is 24.5 Å². The molecule has 0 amide bonds. The second-order valence-corrected chi connectivity index (χ2v) is 5.38. The van der Waals surface area contributed by atoms with Gasteiger partial charge in [0.15, 0.2) is 0 Å². The number of methoxy groups -OCH3 is 2. The van der Waals surface area contributed by atoms with Crippen molar-refractivity contribution < 1.29 is 9.47 Å². The van der Waals surface area contributed by atoms with Gasteiger partial charge in [0.1, 0.15) is 0 Å². The molecule has 0 fully saturated rings. The summed E-state index contributed by atoms with van der Waals surface area (Å²) >= 11 is 0. The molecule has 0 spiro atoms. The monoisotopic (exact) mass is 296 g/mol. The van der Waals surface area contributed by atoms with E-state index in [0.29, 0.717) is 0 Å². The first-order chi connectivity index (χ1) is 10.7. The summed E-state index contributed by atoms with van der Waals surface area (Å²) in [7, 11) is 3.33. The van der Waals surface area contributed by atoms with Crippen molar-refractivity contribution in [3.63, 3.8) is 0 Å². The normalized spacial score (nSPS) is 19.5. The van der Waals surface area contributed by atoms with Crippen LogP contribution in [0.4, 0.5) is 0 Å². The van der Waals surface area contributed by atoms with Crippen LogP contribution >= 0.6 is 0 Å². The molecule has 1 atom stereocenters. The van der Waals surface area contributed by atoms with E-state index in [1.165, 1.54) is 11.1 Å². The maximum absolute atomic E-state index is 5.60. The molecule has 1 aliphatic carbocycles. The highest BCUT2D eigenvalue weighted by Crippen LogP contribution is 2.36. The molecule has 22 heavy (non-hydrogen) atoms. The topological polar surface area (TPSA) is 18.5 Å². The Morgan fingerprint density at radius 2 is 1.86 bits per heavy atom. The lowest BCUT2D eigenvalue weighted by atomic mass is 9.85. The maximum Gasteiger partial charge on any atom is 0.210 e. The molecule has 0 radical (unpaired) electrons. The lowest BCUT2D eigenvalue weighted by Gasteiger charge is -2.34. The average Bonchev–Trinajstić information content (AvgIpc) is 2.56. The van der Waals surface area contributed by atoms with Crippen LogP contribution in [-0.4, -0.2) is 20.0 Å². The Morgan fingerprint density at radius 3 is 2.50 bits per heavy atom. The van der Waals surface area contributed by atoms with E-state index >= 15 is 0 Å². The molecule has 2 heteroatoms. The van der Waals surface area contributed by atoms with Crippen LogP contribution in [-0.2, 0) is 15.9 Å². The van der Waals surface area contributed by atoms with E-state index in [1.54, 1.807) is 14.2 Å². The van der Waals surface area contributed by atoms with Crippen LogP contribution in [0.3, 0.4) is 0 Å². The van der Waals surface area contributed by atoms with Crippen molar-refractivity contribution in [2.24, 2.45) is 0 Å². The number of allylic oxidation sites excluding steroid dienone is 4. The van der Waals surface area contributed by atoms with Gasteiger partial charge in [0.05, 0.1) is 0 Å². The van der Waals surface area contributed by atoms with E-state index in [1.807, 2.05) is 18.2 Å². The lowest BCUT2D eigenvalue weighted by molar-refractivity contribution is -0.143. The third-order valence-corrected chi connectivity index (χ3v) is 4.04. The molecular formula is C20H24O2. The molecule has 0 saturated heterocycles. The maximum atomic E-state index is 5.60. The average molecular weight is 296 g/mol. The van der Waals surface area contributed by atoms with E-state index in [9.17, 15) is 0 Å². The summed E-state index contributed by atoms with van der Waals surface area (Å²) in [6, 6.07) is 8.60. The molecule has 0 aliphatic heterocycles. The van der Waals surface area contributed by atoms with Crippen molar-refractivity contribution in [3.8, 4) is 0 Å². The van der Waals surface area contributed by atoms with Crippen molar-refractivity contribution in [1.29, 1.82) is 0 Å². The SMILES string of the molecule is C=CCC1=CC(c2cccc(CC=C)c2)C=CC1(OC)OC. The molecule has 0 aromatic heterocycles. The molecule has 0 N–H and O–H groups in total. The second kappa shape index (κ2) is 7.39. The summed E-state index contributed by atoms with van der Waals surface area (Å²) in [6.07, 6.45) is 11.8. The highest BCUT2D eigenvalue weighted by Gasteiger charge is 2.34. The number of hydrogen-bond acceptors (Lipinski definition) is 2. The third-order valence-electron chi connectivity index (χ3n) is 4.04. The first-order valence-electron chi connectivity index (χ1n) is 7.50. The van der Waals surface area contributed by atoms with Gasteiger partial charge in [0, 0.05) is 20.1 Å². The van der Waals surface area contributed by atoms with Gasteiger partial charge in [-0.15, -0.1) is 13.2 Å². The summed E-state index contributed by atoms with van der Waals surface area (Å²) in [5, 5.41) is 0. The largest absolute Gasteiger partial charge is 0.346 e. The Morgan fingerprint density at radius 1 is 1.14 bits per heavy atom. The number of rotatable bonds is 7. The molecule has 0 bridgehead atoms. The Balaban J connectivity index is 2.35. The summed E-state index contributed by atoms with van der Waals surface area (Å²) in [5.41, 5.74) is 3.61. The Kier molecular flexibility index (Phi) is 5.53. The molecule has 1 aromatic carbocycles. The predicted octanol–water partition coefficient (Wildman–Crippen LogP) is 4.56. The van der Waals surface area contributed by atoms with E-state index in [2.05, 4.69) is 49.6 Å². The van der Waals surface area contributed by atoms with Crippen LogP contribution in [0.1, 0.15) is 23.5 Å². The minimum absolute atomic E-state index is 0.221. The van der Waals surface area contributed by atoms with Gasteiger partial charge in [0.2, 0.25) is 5.79 Å². The van der Waals surface area contributed by atoms with Gasteiger partial charge in [-0.1, -0.05) is 48.6 Å². The first-order valence-corrected chi connectivity index (χ1v) is 7.50. The zero-order valence-corrected chi connectivity index (χ0v) is 13.4. The third kappa shape index (κ3) is 3.29. The van der Waals surface area contributed by atoms with Crippen LogP contribution in [0.15, 0.2) is 73.4 Å². The van der Waals surface area contributed by atoms with Crippen LogP contribution in [0.25, 0.3) is 0 Å². The Hall–Kier alpha value is -1.90. The molecule has 0 heterocycles. The van der Waals surface area contributed by atoms with E-state index in [0.717, 1.165) is 18.4 Å². The van der Waals surface area contributed by atoms with Crippen molar-refractivity contribution in [3.05, 3.63) is 84.5 Å². The fraction of sp³-hybridized carbons (Fsp3) is 0.300. The van der Waals surface area contributed by atoms with Crippen LogP contribution in [0.5, 0.6) is 0 Å². The van der Waals surface area contributed by atoms with E-state index < -0.39 is 5.79 Å². The highest BCUT2D eigenvalue weighted by atomic mass is 16.7. The fourth-order valence-electron chi connectivity index (χ4n) is 2.87. The van der Waals surface area contributed by atoms with Gasteiger partial charge in [0.25, 0.3) is 0 Å². The Bertz CT molecular complexity index is 591. The standard InChI is InChI=1S/C20H24O2/c1-5-8-16-10-7-11-17(14-16)18-12-13-20(21-3,22-4)19(15-18)9-6-2/h5-7,10-15,18H,1-2,8-9H2,3-4H3. The van der Waals surface area contributed by atoms with Gasteiger partial charge < -0.3 is 9.47 Å². The summed E-state index contributed by atoms with van der Waals surface area (Å²) < 4.78 is 11.2. The summed E-state index contributed by atoms with van der Waals surface area (Å²) in [5.74, 6) is -0.554. The van der Waals surface area contributed by atoms with E-state index in [-0.39, 0.29) is 5.92 Å². The van der Waals surface area contributed by atoms with Crippen LogP contribution in [0, 0.1) is 0 Å².